The van der Waals surface area contributed by atoms with Gasteiger partial charge in [-0.2, -0.15) is 0 Å². The molecule has 1 heterocycles. The van der Waals surface area contributed by atoms with Crippen molar-refractivity contribution >= 4 is 23.6 Å². The lowest BCUT2D eigenvalue weighted by atomic mass is 9.81. The normalized spacial score (nSPS) is 22.7. The molecule has 6 heteroatoms. The van der Waals surface area contributed by atoms with Gasteiger partial charge in [0.05, 0.1) is 18.3 Å². The summed E-state index contributed by atoms with van der Waals surface area (Å²) in [5, 5.41) is 0. The highest BCUT2D eigenvalue weighted by atomic mass is 16.5. The maximum absolute atomic E-state index is 12.4. The SMILES string of the molecule is CC(=O)c1cccc(OC(=O)CCN2C(=O)[C@H]3CCCC[C@@H]3C2=O)c1. The molecule has 0 radical (unpaired) electrons. The van der Waals surface area contributed by atoms with Crippen LogP contribution in [0.2, 0.25) is 0 Å². The van der Waals surface area contributed by atoms with Gasteiger partial charge in [0.15, 0.2) is 5.78 Å². The zero-order chi connectivity index (χ0) is 18.0. The quantitative estimate of drug-likeness (QED) is 0.355. The van der Waals surface area contributed by atoms with E-state index in [1.54, 1.807) is 18.2 Å². The van der Waals surface area contributed by atoms with Crippen LogP contribution in [0.3, 0.4) is 0 Å². The summed E-state index contributed by atoms with van der Waals surface area (Å²) in [5.41, 5.74) is 0.458. The summed E-state index contributed by atoms with van der Waals surface area (Å²) in [6.07, 6.45) is 3.41. The van der Waals surface area contributed by atoms with Crippen LogP contribution in [0.1, 0.15) is 49.4 Å². The van der Waals surface area contributed by atoms with E-state index in [9.17, 15) is 19.2 Å². The smallest absolute Gasteiger partial charge is 0.312 e. The lowest BCUT2D eigenvalue weighted by Gasteiger charge is -2.19. The first kappa shape index (κ1) is 17.3. The molecular weight excluding hydrogens is 322 g/mol. The standard InChI is InChI=1S/C19H21NO5/c1-12(21)13-5-4-6-14(11-13)25-17(22)9-10-20-18(23)15-7-2-3-8-16(15)19(20)24/h4-6,11,15-16H,2-3,7-10H2,1H3/t15-,16-/m0/s1. The van der Waals surface area contributed by atoms with Crippen LogP contribution in [0, 0.1) is 11.8 Å². The maximum Gasteiger partial charge on any atom is 0.312 e. The molecule has 2 atom stereocenters. The zero-order valence-corrected chi connectivity index (χ0v) is 14.2. The fourth-order valence-electron chi connectivity index (χ4n) is 3.62. The molecule has 2 amide bonds. The second kappa shape index (κ2) is 7.17. The van der Waals surface area contributed by atoms with Crippen molar-refractivity contribution in [2.24, 2.45) is 11.8 Å². The van der Waals surface area contributed by atoms with Crippen LogP contribution < -0.4 is 4.74 Å². The van der Waals surface area contributed by atoms with E-state index in [4.69, 9.17) is 4.74 Å². The molecule has 0 unspecified atom stereocenters. The van der Waals surface area contributed by atoms with Gasteiger partial charge in [-0.1, -0.05) is 25.0 Å². The monoisotopic (exact) mass is 343 g/mol. The lowest BCUT2D eigenvalue weighted by Crippen LogP contribution is -2.33. The van der Waals surface area contributed by atoms with Crippen LogP contribution in [0.4, 0.5) is 0 Å². The lowest BCUT2D eigenvalue weighted by molar-refractivity contribution is -0.141. The third-order valence-electron chi connectivity index (χ3n) is 4.94. The molecule has 0 spiro atoms. The minimum Gasteiger partial charge on any atom is -0.426 e. The number of fused-ring (bicyclic) bond motifs is 1. The Morgan fingerprint density at radius 3 is 2.36 bits per heavy atom. The molecule has 3 rings (SSSR count). The first-order chi connectivity index (χ1) is 12.0. The van der Waals surface area contributed by atoms with Crippen molar-refractivity contribution in [3.63, 3.8) is 0 Å². The number of hydrogen-bond donors (Lipinski definition) is 0. The molecule has 6 nitrogen and oxygen atoms in total. The van der Waals surface area contributed by atoms with Crippen molar-refractivity contribution in [2.45, 2.75) is 39.0 Å². The Morgan fingerprint density at radius 1 is 1.12 bits per heavy atom. The fraction of sp³-hybridized carbons (Fsp3) is 0.474. The van der Waals surface area contributed by atoms with E-state index in [1.165, 1.54) is 17.9 Å². The predicted molar refractivity (Wildman–Crippen MR) is 88.9 cm³/mol. The van der Waals surface area contributed by atoms with E-state index in [0.29, 0.717) is 5.56 Å². The van der Waals surface area contributed by atoms with Crippen molar-refractivity contribution in [2.75, 3.05) is 6.54 Å². The summed E-state index contributed by atoms with van der Waals surface area (Å²) in [6.45, 7) is 1.49. The molecule has 25 heavy (non-hydrogen) atoms. The number of benzene rings is 1. The molecule has 132 valence electrons. The first-order valence-electron chi connectivity index (χ1n) is 8.64. The van der Waals surface area contributed by atoms with Gasteiger partial charge in [-0.15, -0.1) is 0 Å². The molecular formula is C19H21NO5. The zero-order valence-electron chi connectivity index (χ0n) is 14.2. The van der Waals surface area contributed by atoms with E-state index in [2.05, 4.69) is 0 Å². The largest absolute Gasteiger partial charge is 0.426 e. The molecule has 1 aliphatic heterocycles. The Morgan fingerprint density at radius 2 is 1.76 bits per heavy atom. The van der Waals surface area contributed by atoms with Crippen LogP contribution in [-0.2, 0) is 14.4 Å². The average Bonchev–Trinajstić information content (AvgIpc) is 2.85. The van der Waals surface area contributed by atoms with E-state index in [-0.39, 0.29) is 48.1 Å². The van der Waals surface area contributed by atoms with Gasteiger partial charge in [-0.05, 0) is 31.9 Å². The van der Waals surface area contributed by atoms with Gasteiger partial charge in [-0.25, -0.2) is 0 Å². The number of carbonyl (C=O) groups is 4. The van der Waals surface area contributed by atoms with Gasteiger partial charge < -0.3 is 4.74 Å². The number of esters is 1. The molecule has 1 saturated heterocycles. The van der Waals surface area contributed by atoms with Gasteiger partial charge in [0.2, 0.25) is 11.8 Å². The molecule has 0 N–H and O–H groups in total. The summed E-state index contributed by atoms with van der Waals surface area (Å²) >= 11 is 0. The van der Waals surface area contributed by atoms with Gasteiger partial charge in [-0.3, -0.25) is 24.1 Å². The predicted octanol–water partition coefficient (Wildman–Crippen LogP) is 2.36. The van der Waals surface area contributed by atoms with Crippen molar-refractivity contribution in [1.29, 1.82) is 0 Å². The number of Topliss-reactive ketones (excluding diaryl/α,β-unsaturated/α-hetero) is 1. The van der Waals surface area contributed by atoms with Crippen molar-refractivity contribution < 1.29 is 23.9 Å². The highest BCUT2D eigenvalue weighted by Gasteiger charge is 2.47. The summed E-state index contributed by atoms with van der Waals surface area (Å²) in [4.78, 5) is 49.3. The van der Waals surface area contributed by atoms with E-state index in [0.717, 1.165) is 25.7 Å². The Balaban J connectivity index is 1.57. The van der Waals surface area contributed by atoms with E-state index in [1.807, 2.05) is 0 Å². The molecule has 0 bridgehead atoms. The van der Waals surface area contributed by atoms with E-state index >= 15 is 0 Å². The first-order valence-corrected chi connectivity index (χ1v) is 8.64. The van der Waals surface area contributed by atoms with Gasteiger partial charge in [0.25, 0.3) is 0 Å². The number of ether oxygens (including phenoxy) is 1. The maximum atomic E-state index is 12.4. The molecule has 2 aliphatic rings. The summed E-state index contributed by atoms with van der Waals surface area (Å²) in [6, 6.07) is 6.37. The third-order valence-corrected chi connectivity index (χ3v) is 4.94. The van der Waals surface area contributed by atoms with Crippen LogP contribution >= 0.6 is 0 Å². The summed E-state index contributed by atoms with van der Waals surface area (Å²) in [5.74, 6) is -1.08. The number of hydrogen-bond acceptors (Lipinski definition) is 5. The Hall–Kier alpha value is -2.50. The highest BCUT2D eigenvalue weighted by Crippen LogP contribution is 2.37. The van der Waals surface area contributed by atoms with Gasteiger partial charge >= 0.3 is 5.97 Å². The molecule has 1 aliphatic carbocycles. The molecule has 0 aromatic heterocycles. The minimum atomic E-state index is -0.531. The number of likely N-dealkylation sites (tertiary alicyclic amines) is 1. The summed E-state index contributed by atoms with van der Waals surface area (Å²) in [7, 11) is 0. The van der Waals surface area contributed by atoms with Gasteiger partial charge in [0, 0.05) is 12.1 Å². The fourth-order valence-corrected chi connectivity index (χ4v) is 3.62. The second-order valence-corrected chi connectivity index (χ2v) is 6.63. The Kier molecular flexibility index (Phi) is 4.97. The minimum absolute atomic E-state index is 0.0515. The highest BCUT2D eigenvalue weighted by molar-refractivity contribution is 6.05. The number of rotatable bonds is 5. The molecule has 1 aromatic carbocycles. The van der Waals surface area contributed by atoms with Crippen molar-refractivity contribution in [3.8, 4) is 5.75 Å². The number of amides is 2. The number of ketones is 1. The number of nitrogens with zero attached hydrogens (tertiary/aromatic N) is 1. The van der Waals surface area contributed by atoms with Crippen LogP contribution in [0.5, 0.6) is 5.75 Å². The second-order valence-electron chi connectivity index (χ2n) is 6.63. The van der Waals surface area contributed by atoms with Crippen LogP contribution in [-0.4, -0.2) is 35.0 Å². The van der Waals surface area contributed by atoms with Crippen LogP contribution in [0.15, 0.2) is 24.3 Å². The van der Waals surface area contributed by atoms with E-state index < -0.39 is 5.97 Å². The summed E-state index contributed by atoms with van der Waals surface area (Å²) < 4.78 is 5.21. The Bertz CT molecular complexity index is 702. The van der Waals surface area contributed by atoms with Crippen LogP contribution in [0.25, 0.3) is 0 Å². The third kappa shape index (κ3) is 3.62. The molecule has 2 fully saturated rings. The molecule has 1 saturated carbocycles. The van der Waals surface area contributed by atoms with Crippen molar-refractivity contribution in [3.05, 3.63) is 29.8 Å². The number of carbonyl (C=O) groups excluding carboxylic acids is 4. The topological polar surface area (TPSA) is 80.8 Å². The Labute approximate surface area is 146 Å². The number of imide groups is 1. The average molecular weight is 343 g/mol. The van der Waals surface area contributed by atoms with Gasteiger partial charge in [0.1, 0.15) is 5.75 Å². The van der Waals surface area contributed by atoms with Crippen molar-refractivity contribution in [1.82, 2.24) is 4.90 Å². The molecule has 1 aromatic rings.